The summed E-state index contributed by atoms with van der Waals surface area (Å²) in [5.41, 5.74) is 0. The van der Waals surface area contributed by atoms with Crippen molar-refractivity contribution in [1.82, 2.24) is 29.7 Å². The molecule has 2 aromatic heterocycles. The van der Waals surface area contributed by atoms with Crippen LogP contribution in [0, 0.1) is 0 Å². The van der Waals surface area contributed by atoms with Gasteiger partial charge in [-0.1, -0.05) is 0 Å². The zero-order valence-electron chi connectivity index (χ0n) is 9.10. The maximum absolute atomic E-state index is 9.20. The van der Waals surface area contributed by atoms with Gasteiger partial charge in [-0.2, -0.15) is 24.7 Å². The molecular weight excluding hydrogens is 262 g/mol. The first-order valence-corrected chi connectivity index (χ1v) is 5.36. The first-order chi connectivity index (χ1) is 8.69. The lowest BCUT2D eigenvalue weighted by Crippen LogP contribution is -2.24. The fourth-order valence-electron chi connectivity index (χ4n) is 1.11. The molecule has 0 radical (unpaired) electrons. The predicted octanol–water partition coefficient (Wildman–Crippen LogP) is -1.13. The Hall–Kier alpha value is -1.84. The molecule has 18 heavy (non-hydrogen) atoms. The van der Waals surface area contributed by atoms with Gasteiger partial charge in [0, 0.05) is 6.54 Å². The molecule has 3 N–H and O–H groups in total. The number of halogens is 1. The average molecular weight is 272 g/mol. The van der Waals surface area contributed by atoms with Gasteiger partial charge in [-0.15, -0.1) is 0 Å². The predicted molar refractivity (Wildman–Crippen MR) is 61.3 cm³/mol. The molecule has 0 saturated carbocycles. The molecule has 2 heterocycles. The van der Waals surface area contributed by atoms with E-state index in [4.69, 9.17) is 16.7 Å². The van der Waals surface area contributed by atoms with Crippen molar-refractivity contribution in [1.29, 1.82) is 0 Å². The summed E-state index contributed by atoms with van der Waals surface area (Å²) in [7, 11) is 0. The number of aliphatic hydroxyl groups excluding tert-OH is 2. The van der Waals surface area contributed by atoms with Crippen LogP contribution in [0.3, 0.4) is 0 Å². The zero-order valence-corrected chi connectivity index (χ0v) is 9.86. The number of anilines is 1. The Labute approximate surface area is 107 Å². The Kier molecular flexibility index (Phi) is 3.97. The summed E-state index contributed by atoms with van der Waals surface area (Å²) in [6.07, 6.45) is 1.84. The molecule has 0 spiro atoms. The maximum atomic E-state index is 9.20. The first kappa shape index (κ1) is 12.6. The van der Waals surface area contributed by atoms with E-state index in [0.29, 0.717) is 0 Å². The lowest BCUT2D eigenvalue weighted by atomic mass is 10.4. The Morgan fingerprint density at radius 3 is 2.89 bits per heavy atom. The van der Waals surface area contributed by atoms with Crippen LogP contribution >= 0.6 is 11.6 Å². The van der Waals surface area contributed by atoms with E-state index in [9.17, 15) is 5.11 Å². The summed E-state index contributed by atoms with van der Waals surface area (Å²) in [4.78, 5) is 15.5. The number of nitrogens with one attached hydrogen (secondary N) is 1. The summed E-state index contributed by atoms with van der Waals surface area (Å²) in [5, 5.41) is 24.4. The van der Waals surface area contributed by atoms with Crippen molar-refractivity contribution >= 4 is 17.5 Å². The third-order valence-electron chi connectivity index (χ3n) is 1.93. The van der Waals surface area contributed by atoms with Gasteiger partial charge < -0.3 is 15.5 Å². The van der Waals surface area contributed by atoms with E-state index < -0.39 is 6.10 Å². The molecule has 0 aliphatic rings. The summed E-state index contributed by atoms with van der Waals surface area (Å²) < 4.78 is 1.32. The van der Waals surface area contributed by atoms with Gasteiger partial charge in [0.1, 0.15) is 12.7 Å². The minimum atomic E-state index is -0.907. The molecule has 2 aromatic rings. The van der Waals surface area contributed by atoms with E-state index in [2.05, 4.69) is 30.4 Å². The van der Waals surface area contributed by atoms with Crippen molar-refractivity contribution in [2.45, 2.75) is 6.10 Å². The van der Waals surface area contributed by atoms with Crippen LogP contribution in [0.15, 0.2) is 12.7 Å². The number of nitrogens with zero attached hydrogens (tertiary/aromatic N) is 6. The topological polar surface area (TPSA) is 122 Å². The average Bonchev–Trinajstić information content (AvgIpc) is 2.89. The van der Waals surface area contributed by atoms with Gasteiger partial charge in [0.2, 0.25) is 11.2 Å². The van der Waals surface area contributed by atoms with Crippen LogP contribution in [0.5, 0.6) is 0 Å². The van der Waals surface area contributed by atoms with E-state index in [1.807, 2.05) is 0 Å². The highest BCUT2D eigenvalue weighted by Gasteiger charge is 2.08. The second kappa shape index (κ2) is 5.67. The van der Waals surface area contributed by atoms with Crippen LogP contribution in [0.25, 0.3) is 5.95 Å². The van der Waals surface area contributed by atoms with Gasteiger partial charge in [-0.3, -0.25) is 0 Å². The lowest BCUT2D eigenvalue weighted by Gasteiger charge is -2.09. The smallest absolute Gasteiger partial charge is 0.258 e. The van der Waals surface area contributed by atoms with Crippen LogP contribution in [0.2, 0.25) is 5.28 Å². The molecule has 0 saturated heterocycles. The highest BCUT2D eigenvalue weighted by atomic mass is 35.5. The molecule has 10 heteroatoms. The minimum absolute atomic E-state index is 0.0171. The SMILES string of the molecule is OCC(O)CNc1nc(Cl)nc(-n2cncn2)n1. The van der Waals surface area contributed by atoms with Gasteiger partial charge in [0.25, 0.3) is 5.95 Å². The molecule has 9 nitrogen and oxygen atoms in total. The molecule has 0 fully saturated rings. The van der Waals surface area contributed by atoms with Crippen LogP contribution in [0.1, 0.15) is 0 Å². The standard InChI is InChI=1S/C8H10ClN7O2/c9-6-13-7(11-1-5(18)2-17)15-8(14-6)16-4-10-3-12-16/h3-5,17-18H,1-2H2,(H,11,13,14,15). The fraction of sp³-hybridized carbons (Fsp3) is 0.375. The van der Waals surface area contributed by atoms with Crippen molar-refractivity contribution in [3.63, 3.8) is 0 Å². The van der Waals surface area contributed by atoms with Gasteiger partial charge >= 0.3 is 0 Å². The van der Waals surface area contributed by atoms with E-state index in [0.717, 1.165) is 0 Å². The van der Waals surface area contributed by atoms with Gasteiger partial charge in [0.05, 0.1) is 12.7 Å². The summed E-state index contributed by atoms with van der Waals surface area (Å²) in [6, 6.07) is 0. The highest BCUT2D eigenvalue weighted by Crippen LogP contribution is 2.08. The molecule has 1 atom stereocenters. The van der Waals surface area contributed by atoms with Gasteiger partial charge in [-0.05, 0) is 11.6 Å². The second-order valence-electron chi connectivity index (χ2n) is 3.29. The third kappa shape index (κ3) is 3.09. The number of hydrogen-bond acceptors (Lipinski definition) is 8. The lowest BCUT2D eigenvalue weighted by molar-refractivity contribution is 0.105. The monoisotopic (exact) mass is 271 g/mol. The Morgan fingerprint density at radius 2 is 2.22 bits per heavy atom. The fourth-order valence-corrected chi connectivity index (χ4v) is 1.26. The van der Waals surface area contributed by atoms with Gasteiger partial charge in [-0.25, -0.2) is 4.98 Å². The van der Waals surface area contributed by atoms with E-state index in [1.165, 1.54) is 17.3 Å². The Bertz CT molecular complexity index is 506. The minimum Gasteiger partial charge on any atom is -0.394 e. The summed E-state index contributed by atoms with van der Waals surface area (Å²) >= 11 is 5.74. The van der Waals surface area contributed by atoms with Gasteiger partial charge in [0.15, 0.2) is 0 Å². The molecule has 1 unspecified atom stereocenters. The van der Waals surface area contributed by atoms with Crippen molar-refractivity contribution in [2.75, 3.05) is 18.5 Å². The van der Waals surface area contributed by atoms with Crippen LogP contribution in [-0.4, -0.2) is 59.2 Å². The number of hydrogen-bond donors (Lipinski definition) is 3. The molecule has 0 bridgehead atoms. The van der Waals surface area contributed by atoms with Crippen LogP contribution < -0.4 is 5.32 Å². The Balaban J connectivity index is 2.17. The third-order valence-corrected chi connectivity index (χ3v) is 2.10. The Morgan fingerprint density at radius 1 is 1.39 bits per heavy atom. The number of aliphatic hydroxyl groups is 2. The summed E-state index contributed by atoms with van der Waals surface area (Å²) in [5.74, 6) is 0.376. The number of rotatable bonds is 5. The number of aromatic nitrogens is 6. The quantitative estimate of drug-likeness (QED) is 0.624. The molecule has 0 aliphatic heterocycles. The largest absolute Gasteiger partial charge is 0.394 e. The van der Waals surface area contributed by atoms with E-state index >= 15 is 0 Å². The summed E-state index contributed by atoms with van der Waals surface area (Å²) in [6.45, 7) is -0.268. The highest BCUT2D eigenvalue weighted by molar-refractivity contribution is 6.28. The normalized spacial score (nSPS) is 12.4. The van der Waals surface area contributed by atoms with Crippen molar-refractivity contribution in [3.05, 3.63) is 17.9 Å². The first-order valence-electron chi connectivity index (χ1n) is 4.98. The molecule has 0 aromatic carbocycles. The van der Waals surface area contributed by atoms with Crippen LogP contribution in [-0.2, 0) is 0 Å². The van der Waals surface area contributed by atoms with Crippen molar-refractivity contribution in [3.8, 4) is 5.95 Å². The van der Waals surface area contributed by atoms with E-state index in [-0.39, 0.29) is 30.3 Å². The molecule has 0 amide bonds. The molecule has 96 valence electrons. The second-order valence-corrected chi connectivity index (χ2v) is 3.62. The van der Waals surface area contributed by atoms with Crippen LogP contribution in [0.4, 0.5) is 5.95 Å². The molecular formula is C8H10ClN7O2. The molecule has 2 rings (SSSR count). The van der Waals surface area contributed by atoms with E-state index in [1.54, 1.807) is 0 Å². The zero-order chi connectivity index (χ0) is 13.0. The maximum Gasteiger partial charge on any atom is 0.258 e. The van der Waals surface area contributed by atoms with Crippen molar-refractivity contribution < 1.29 is 10.2 Å². The van der Waals surface area contributed by atoms with Crippen molar-refractivity contribution in [2.24, 2.45) is 0 Å². The molecule has 0 aliphatic carbocycles.